The zero-order chi connectivity index (χ0) is 14.5. The Hall–Kier alpha value is -0.630. The molecule has 0 fully saturated rings. The molecule has 4 heteroatoms. The van der Waals surface area contributed by atoms with Crippen LogP contribution in [0.15, 0.2) is 35.5 Å². The van der Waals surface area contributed by atoms with Gasteiger partial charge in [-0.25, -0.2) is 0 Å². The number of hydrogen-bond donors (Lipinski definition) is 1. The fourth-order valence-electron chi connectivity index (χ4n) is 2.51. The van der Waals surface area contributed by atoms with Gasteiger partial charge in [-0.1, -0.05) is 43.7 Å². The highest BCUT2D eigenvalue weighted by Crippen LogP contribution is 2.41. The van der Waals surface area contributed by atoms with Gasteiger partial charge in [-0.05, 0) is 37.2 Å². The summed E-state index contributed by atoms with van der Waals surface area (Å²) in [5, 5.41) is 0. The van der Waals surface area contributed by atoms with Gasteiger partial charge < -0.3 is 9.42 Å². The normalized spacial score (nSPS) is 23.2. The molecule has 19 heavy (non-hydrogen) atoms. The van der Waals surface area contributed by atoms with Crippen LogP contribution in [0.25, 0.3) is 0 Å². The monoisotopic (exact) mass is 284 g/mol. The first-order valence-corrected chi connectivity index (χ1v) is 8.46. The highest BCUT2D eigenvalue weighted by atomic mass is 31.2. The predicted octanol–water partition coefficient (Wildman–Crippen LogP) is 4.46. The van der Waals surface area contributed by atoms with Crippen molar-refractivity contribution in [3.63, 3.8) is 0 Å². The molecule has 1 unspecified atom stereocenters. The molecule has 0 heterocycles. The van der Waals surface area contributed by atoms with Crippen LogP contribution in [0.1, 0.15) is 40.0 Å². The van der Waals surface area contributed by atoms with Gasteiger partial charge in [-0.15, -0.1) is 0 Å². The van der Waals surface area contributed by atoms with E-state index < -0.39 is 7.60 Å². The van der Waals surface area contributed by atoms with Crippen LogP contribution in [0.5, 0.6) is 0 Å². The van der Waals surface area contributed by atoms with E-state index in [1.807, 2.05) is 12.2 Å². The molecule has 0 aromatic carbocycles. The number of rotatable bonds is 5. The van der Waals surface area contributed by atoms with Gasteiger partial charge in [0, 0.05) is 7.11 Å². The Labute approximate surface area is 116 Å². The zero-order valence-electron chi connectivity index (χ0n) is 12.3. The van der Waals surface area contributed by atoms with Gasteiger partial charge in [0.15, 0.2) is 0 Å². The summed E-state index contributed by atoms with van der Waals surface area (Å²) < 4.78 is 15.8. The van der Waals surface area contributed by atoms with Crippen LogP contribution in [0.4, 0.5) is 0 Å². The molecule has 0 radical (unpaired) electrons. The van der Waals surface area contributed by atoms with E-state index in [2.05, 4.69) is 31.4 Å². The standard InChI is InChI=1S/C15H25O3P/c1-13-9-8-11-15(2,3)14(13)10-6-5-7-12-19(16,17)18-4/h5-7,10H,8-9,11-12H2,1-4H3,(H,16,17). The molecule has 0 amide bonds. The Kier molecular flexibility index (Phi) is 5.79. The van der Waals surface area contributed by atoms with Gasteiger partial charge in [0.1, 0.15) is 0 Å². The largest absolute Gasteiger partial charge is 0.331 e. The molecule has 1 rings (SSSR count). The van der Waals surface area contributed by atoms with Crippen LogP contribution >= 0.6 is 7.60 Å². The van der Waals surface area contributed by atoms with E-state index in [9.17, 15) is 9.46 Å². The lowest BCUT2D eigenvalue weighted by molar-refractivity contribution is 0.319. The lowest BCUT2D eigenvalue weighted by atomic mass is 9.73. The summed E-state index contributed by atoms with van der Waals surface area (Å²) in [4.78, 5) is 9.25. The average molecular weight is 284 g/mol. The molecule has 0 spiro atoms. The van der Waals surface area contributed by atoms with E-state index in [0.29, 0.717) is 0 Å². The van der Waals surface area contributed by atoms with Crippen LogP contribution in [0.2, 0.25) is 0 Å². The SMILES string of the molecule is COP(=O)(O)CC=CC=CC1=C(C)CCCC1(C)C. The molecule has 0 saturated carbocycles. The molecule has 0 bridgehead atoms. The van der Waals surface area contributed by atoms with Crippen molar-refractivity contribution in [2.24, 2.45) is 5.41 Å². The first-order valence-electron chi connectivity index (χ1n) is 6.69. The summed E-state index contributed by atoms with van der Waals surface area (Å²) in [6.07, 6.45) is 11.2. The summed E-state index contributed by atoms with van der Waals surface area (Å²) >= 11 is 0. The molecule has 1 N–H and O–H groups in total. The van der Waals surface area contributed by atoms with Crippen molar-refractivity contribution in [2.45, 2.75) is 40.0 Å². The highest BCUT2D eigenvalue weighted by molar-refractivity contribution is 7.52. The maximum Gasteiger partial charge on any atom is 0.331 e. The molecular weight excluding hydrogens is 259 g/mol. The van der Waals surface area contributed by atoms with Crippen molar-refractivity contribution < 1.29 is 14.0 Å². The molecular formula is C15H25O3P. The van der Waals surface area contributed by atoms with Crippen molar-refractivity contribution in [1.82, 2.24) is 0 Å². The van der Waals surface area contributed by atoms with Gasteiger partial charge in [0.25, 0.3) is 0 Å². The molecule has 1 aliphatic carbocycles. The Morgan fingerprint density at radius 1 is 1.42 bits per heavy atom. The maximum atomic E-state index is 11.3. The van der Waals surface area contributed by atoms with Gasteiger partial charge in [-0.3, -0.25) is 4.57 Å². The molecule has 1 aliphatic rings. The Morgan fingerprint density at radius 3 is 2.68 bits per heavy atom. The second-order valence-corrected chi connectivity index (χ2v) is 7.73. The van der Waals surface area contributed by atoms with E-state index in [1.165, 1.54) is 37.5 Å². The molecule has 1 atom stereocenters. The van der Waals surface area contributed by atoms with Crippen LogP contribution in [-0.2, 0) is 9.09 Å². The van der Waals surface area contributed by atoms with Gasteiger partial charge in [0.2, 0.25) is 0 Å². The van der Waals surface area contributed by atoms with Crippen molar-refractivity contribution in [2.75, 3.05) is 13.3 Å². The Morgan fingerprint density at radius 2 is 2.11 bits per heavy atom. The van der Waals surface area contributed by atoms with E-state index in [0.717, 1.165) is 0 Å². The molecule has 3 nitrogen and oxygen atoms in total. The third kappa shape index (κ3) is 5.10. The lowest BCUT2D eigenvalue weighted by Crippen LogP contribution is -2.18. The van der Waals surface area contributed by atoms with Crippen LogP contribution in [0, 0.1) is 5.41 Å². The van der Waals surface area contributed by atoms with Gasteiger partial charge in [0.05, 0.1) is 6.16 Å². The van der Waals surface area contributed by atoms with Crippen LogP contribution in [-0.4, -0.2) is 18.2 Å². The quantitative estimate of drug-likeness (QED) is 0.599. The second-order valence-electron chi connectivity index (χ2n) is 5.72. The van der Waals surface area contributed by atoms with Gasteiger partial charge in [-0.2, -0.15) is 0 Å². The first-order chi connectivity index (χ1) is 8.78. The van der Waals surface area contributed by atoms with Crippen molar-refractivity contribution in [3.05, 3.63) is 35.5 Å². The Bertz CT molecular complexity index is 444. The molecule has 108 valence electrons. The fourth-order valence-corrected chi connectivity index (χ4v) is 3.05. The van der Waals surface area contributed by atoms with Crippen LogP contribution in [0.3, 0.4) is 0 Å². The highest BCUT2D eigenvalue weighted by Gasteiger charge is 2.26. The third-order valence-corrected chi connectivity index (χ3v) is 4.92. The molecule has 0 aromatic heterocycles. The minimum absolute atomic E-state index is 0.0509. The fraction of sp³-hybridized carbons (Fsp3) is 0.600. The number of hydrogen-bond acceptors (Lipinski definition) is 2. The van der Waals surface area contributed by atoms with E-state index in [1.54, 1.807) is 6.08 Å². The second kappa shape index (κ2) is 6.69. The van der Waals surface area contributed by atoms with Crippen molar-refractivity contribution in [3.8, 4) is 0 Å². The van der Waals surface area contributed by atoms with E-state index >= 15 is 0 Å². The molecule has 0 aliphatic heterocycles. The molecule has 0 saturated heterocycles. The van der Waals surface area contributed by atoms with E-state index in [-0.39, 0.29) is 11.6 Å². The smallest absolute Gasteiger partial charge is 0.324 e. The third-order valence-electron chi connectivity index (χ3n) is 3.67. The topological polar surface area (TPSA) is 46.5 Å². The van der Waals surface area contributed by atoms with Crippen LogP contribution < -0.4 is 0 Å². The minimum atomic E-state index is -3.42. The summed E-state index contributed by atoms with van der Waals surface area (Å²) in [7, 11) is -2.16. The minimum Gasteiger partial charge on any atom is -0.324 e. The molecule has 0 aromatic rings. The van der Waals surface area contributed by atoms with Crippen molar-refractivity contribution >= 4 is 7.60 Å². The summed E-state index contributed by atoms with van der Waals surface area (Å²) in [5.41, 5.74) is 3.07. The lowest BCUT2D eigenvalue weighted by Gasteiger charge is -2.32. The summed E-state index contributed by atoms with van der Waals surface area (Å²) in [5.74, 6) is 0. The van der Waals surface area contributed by atoms with E-state index in [4.69, 9.17) is 0 Å². The number of allylic oxidation sites excluding steroid dienone is 6. The summed E-state index contributed by atoms with van der Waals surface area (Å²) in [6, 6.07) is 0. The maximum absolute atomic E-state index is 11.3. The summed E-state index contributed by atoms with van der Waals surface area (Å²) in [6.45, 7) is 6.73. The van der Waals surface area contributed by atoms with Gasteiger partial charge >= 0.3 is 7.60 Å². The zero-order valence-corrected chi connectivity index (χ0v) is 13.2. The van der Waals surface area contributed by atoms with Crippen molar-refractivity contribution in [1.29, 1.82) is 0 Å². The average Bonchev–Trinajstić information content (AvgIpc) is 2.31. The predicted molar refractivity (Wildman–Crippen MR) is 80.3 cm³/mol. The Balaban J connectivity index is 2.66. The first kappa shape index (κ1) is 16.4.